The molecule has 0 spiro atoms. The average molecular weight is 417 g/mol. The molecule has 4 rings (SSSR count). The molecule has 1 aromatic heterocycles. The van der Waals surface area contributed by atoms with E-state index in [1.807, 2.05) is 66.7 Å². The van der Waals surface area contributed by atoms with Crippen molar-refractivity contribution in [3.63, 3.8) is 0 Å². The van der Waals surface area contributed by atoms with Crippen molar-refractivity contribution in [2.45, 2.75) is 6.54 Å². The molecule has 2 aromatic carbocycles. The van der Waals surface area contributed by atoms with E-state index in [2.05, 4.69) is 10.2 Å². The van der Waals surface area contributed by atoms with Crippen LogP contribution in [0.3, 0.4) is 0 Å². The fourth-order valence-electron chi connectivity index (χ4n) is 2.89. The number of hydrogen-bond donors (Lipinski definition) is 0. The lowest BCUT2D eigenvalue weighted by Gasteiger charge is -2.12. The van der Waals surface area contributed by atoms with Crippen LogP contribution in [0.2, 0.25) is 0 Å². The Kier molecular flexibility index (Phi) is 6.10. The first-order chi connectivity index (χ1) is 14.7. The summed E-state index contributed by atoms with van der Waals surface area (Å²) in [5.41, 5.74) is 1.75. The number of methoxy groups -OCH3 is 1. The van der Waals surface area contributed by atoms with Crippen molar-refractivity contribution >= 4 is 35.1 Å². The number of thioether (sulfide) groups is 1. The number of carbonyl (C=O) groups is 1. The maximum absolute atomic E-state index is 13.1. The maximum atomic E-state index is 13.1. The summed E-state index contributed by atoms with van der Waals surface area (Å²) in [7, 11) is 1.61. The highest BCUT2D eigenvalue weighted by Crippen LogP contribution is 2.35. The van der Waals surface area contributed by atoms with E-state index in [9.17, 15) is 4.79 Å². The monoisotopic (exact) mass is 417 g/mol. The molecule has 0 atom stereocenters. The molecule has 30 heavy (non-hydrogen) atoms. The molecule has 1 aliphatic rings. The Labute approximate surface area is 178 Å². The zero-order valence-corrected chi connectivity index (χ0v) is 17.1. The number of carbonyl (C=O) groups excluding carboxylic acids is 1. The lowest BCUT2D eigenvalue weighted by Crippen LogP contribution is -2.28. The molecular weight excluding hydrogens is 398 g/mol. The van der Waals surface area contributed by atoms with Gasteiger partial charge in [-0.1, -0.05) is 48.5 Å². The average Bonchev–Trinajstić information content (AvgIpc) is 3.39. The standard InChI is InChI=1S/C23H19N3O3S/c1-28-20-12-6-5-10-18(20)14-21-22(27)26(16-19-11-7-13-29-19)23(30-21)25-24-15-17-8-3-2-4-9-17/h2-15H,16H2,1H3/b21-14-,24-15+,25-23-. The first-order valence-electron chi connectivity index (χ1n) is 9.27. The summed E-state index contributed by atoms with van der Waals surface area (Å²) < 4.78 is 10.8. The van der Waals surface area contributed by atoms with Crippen LogP contribution in [0.1, 0.15) is 16.9 Å². The molecule has 150 valence electrons. The van der Waals surface area contributed by atoms with Gasteiger partial charge in [0.1, 0.15) is 11.5 Å². The van der Waals surface area contributed by atoms with Gasteiger partial charge in [0.05, 0.1) is 31.0 Å². The van der Waals surface area contributed by atoms with E-state index in [0.717, 1.165) is 11.1 Å². The Bertz CT molecular complexity index is 1110. The largest absolute Gasteiger partial charge is 0.496 e. The van der Waals surface area contributed by atoms with Crippen LogP contribution in [-0.2, 0) is 11.3 Å². The second kappa shape index (κ2) is 9.28. The van der Waals surface area contributed by atoms with E-state index in [1.165, 1.54) is 11.8 Å². The third-order valence-electron chi connectivity index (χ3n) is 4.36. The molecule has 3 aromatic rings. The van der Waals surface area contributed by atoms with Gasteiger partial charge in [-0.2, -0.15) is 5.10 Å². The Morgan fingerprint density at radius 2 is 1.87 bits per heavy atom. The van der Waals surface area contributed by atoms with Crippen molar-refractivity contribution in [2.75, 3.05) is 7.11 Å². The second-order valence-electron chi connectivity index (χ2n) is 6.36. The predicted molar refractivity (Wildman–Crippen MR) is 119 cm³/mol. The van der Waals surface area contributed by atoms with Crippen LogP contribution in [0.5, 0.6) is 5.75 Å². The van der Waals surface area contributed by atoms with E-state index in [0.29, 0.717) is 21.6 Å². The number of amides is 1. The minimum Gasteiger partial charge on any atom is -0.496 e. The summed E-state index contributed by atoms with van der Waals surface area (Å²) >= 11 is 1.27. The van der Waals surface area contributed by atoms with Gasteiger partial charge in [-0.05, 0) is 41.6 Å². The topological polar surface area (TPSA) is 67.4 Å². The number of amidine groups is 1. The summed E-state index contributed by atoms with van der Waals surface area (Å²) in [4.78, 5) is 15.2. The van der Waals surface area contributed by atoms with Crippen LogP contribution in [0.15, 0.2) is 92.5 Å². The molecule has 7 heteroatoms. The number of hydrogen-bond acceptors (Lipinski definition) is 6. The van der Waals surface area contributed by atoms with E-state index < -0.39 is 0 Å². The zero-order chi connectivity index (χ0) is 20.8. The van der Waals surface area contributed by atoms with Gasteiger partial charge in [-0.3, -0.25) is 9.69 Å². The van der Waals surface area contributed by atoms with Gasteiger partial charge in [0.25, 0.3) is 5.91 Å². The third-order valence-corrected chi connectivity index (χ3v) is 5.35. The van der Waals surface area contributed by atoms with Crippen LogP contribution < -0.4 is 4.74 Å². The van der Waals surface area contributed by atoms with Gasteiger partial charge < -0.3 is 9.15 Å². The lowest BCUT2D eigenvalue weighted by molar-refractivity contribution is -0.122. The number of ether oxygens (including phenoxy) is 1. The van der Waals surface area contributed by atoms with Gasteiger partial charge in [0.2, 0.25) is 0 Å². The smallest absolute Gasteiger partial charge is 0.267 e. The summed E-state index contributed by atoms with van der Waals surface area (Å²) in [6.07, 6.45) is 5.05. The Balaban J connectivity index is 1.64. The quantitative estimate of drug-likeness (QED) is 0.328. The van der Waals surface area contributed by atoms with Crippen molar-refractivity contribution in [1.29, 1.82) is 0 Å². The van der Waals surface area contributed by atoms with Crippen molar-refractivity contribution in [3.8, 4) is 5.75 Å². The van der Waals surface area contributed by atoms with Crippen molar-refractivity contribution in [2.24, 2.45) is 10.2 Å². The van der Waals surface area contributed by atoms with Gasteiger partial charge in [0, 0.05) is 5.56 Å². The minimum absolute atomic E-state index is 0.157. The van der Waals surface area contributed by atoms with Gasteiger partial charge >= 0.3 is 0 Å². The summed E-state index contributed by atoms with van der Waals surface area (Å²) in [5.74, 6) is 1.21. The second-order valence-corrected chi connectivity index (χ2v) is 7.37. The molecule has 0 unspecified atom stereocenters. The van der Waals surface area contributed by atoms with E-state index >= 15 is 0 Å². The SMILES string of the molecule is COc1ccccc1/C=C1\S/C(=N\N=C\c2ccccc2)N(Cc2ccco2)C1=O. The minimum atomic E-state index is -0.157. The van der Waals surface area contributed by atoms with Crippen LogP contribution in [0.25, 0.3) is 6.08 Å². The van der Waals surface area contributed by atoms with Gasteiger partial charge in [0.15, 0.2) is 5.17 Å². The Morgan fingerprint density at radius 1 is 1.07 bits per heavy atom. The van der Waals surface area contributed by atoms with E-state index in [1.54, 1.807) is 30.6 Å². The van der Waals surface area contributed by atoms with Crippen molar-refractivity contribution < 1.29 is 13.9 Å². The molecule has 1 saturated heterocycles. The fourth-order valence-corrected chi connectivity index (χ4v) is 3.82. The van der Waals surface area contributed by atoms with Gasteiger partial charge in [-0.15, -0.1) is 5.10 Å². The molecule has 0 N–H and O–H groups in total. The molecular formula is C23H19N3O3S. The molecule has 0 saturated carbocycles. The normalized spacial score (nSPS) is 16.8. The highest BCUT2D eigenvalue weighted by Gasteiger charge is 2.34. The van der Waals surface area contributed by atoms with Crippen LogP contribution in [0, 0.1) is 0 Å². The summed E-state index contributed by atoms with van der Waals surface area (Å²) in [6.45, 7) is 0.280. The summed E-state index contributed by atoms with van der Waals surface area (Å²) in [5, 5.41) is 8.97. The van der Waals surface area contributed by atoms with Crippen molar-refractivity contribution in [1.82, 2.24) is 4.90 Å². The van der Waals surface area contributed by atoms with Crippen molar-refractivity contribution in [3.05, 3.63) is 94.8 Å². The molecule has 2 heterocycles. The summed E-state index contributed by atoms with van der Waals surface area (Å²) in [6, 6.07) is 20.8. The number of furan rings is 1. The van der Waals surface area contributed by atoms with E-state index in [4.69, 9.17) is 9.15 Å². The number of benzene rings is 2. The Morgan fingerprint density at radius 3 is 2.63 bits per heavy atom. The molecule has 1 aliphatic heterocycles. The maximum Gasteiger partial charge on any atom is 0.267 e. The highest BCUT2D eigenvalue weighted by atomic mass is 32.2. The highest BCUT2D eigenvalue weighted by molar-refractivity contribution is 8.18. The first kappa shape index (κ1) is 19.7. The molecule has 6 nitrogen and oxygen atoms in total. The predicted octanol–water partition coefficient (Wildman–Crippen LogP) is 4.79. The molecule has 0 aliphatic carbocycles. The molecule has 1 fully saturated rings. The zero-order valence-electron chi connectivity index (χ0n) is 16.3. The fraction of sp³-hybridized carbons (Fsp3) is 0.0870. The first-order valence-corrected chi connectivity index (χ1v) is 10.1. The molecule has 0 radical (unpaired) electrons. The van der Waals surface area contributed by atoms with E-state index in [-0.39, 0.29) is 12.5 Å². The molecule has 1 amide bonds. The third kappa shape index (κ3) is 4.52. The lowest BCUT2D eigenvalue weighted by atomic mass is 10.2. The molecule has 0 bridgehead atoms. The number of nitrogens with zero attached hydrogens (tertiary/aromatic N) is 3. The van der Waals surface area contributed by atoms with Crippen LogP contribution >= 0.6 is 11.8 Å². The number of para-hydroxylation sites is 1. The van der Waals surface area contributed by atoms with Crippen LogP contribution in [0.4, 0.5) is 0 Å². The Hall–Kier alpha value is -3.58. The van der Waals surface area contributed by atoms with Gasteiger partial charge in [-0.25, -0.2) is 0 Å². The number of rotatable bonds is 6. The van der Waals surface area contributed by atoms with Crippen LogP contribution in [-0.4, -0.2) is 29.3 Å².